The minimum Gasteiger partial charge on any atom is -0.458 e. The zero-order chi connectivity index (χ0) is 14.8. The molecule has 3 aliphatic heterocycles. The Bertz CT molecular complexity index is 660. The molecule has 5 aliphatic rings. The number of nitrogens with zero attached hydrogens (tertiary/aromatic N) is 1. The molecular formula is C17H19NO4. The second kappa shape index (κ2) is 4.40. The number of hydrogen-bond donors (Lipinski definition) is 1. The van der Waals surface area contributed by atoms with Gasteiger partial charge >= 0.3 is 0 Å². The van der Waals surface area contributed by atoms with Crippen LogP contribution in [0.25, 0.3) is 0 Å². The van der Waals surface area contributed by atoms with Crippen molar-refractivity contribution in [2.75, 3.05) is 20.4 Å². The number of fused-ring (bicyclic) bond motifs is 7. The molecule has 0 saturated carbocycles. The van der Waals surface area contributed by atoms with Crippen LogP contribution in [-0.2, 0) is 14.2 Å². The van der Waals surface area contributed by atoms with E-state index in [1.807, 2.05) is 0 Å². The molecule has 0 aromatic heterocycles. The van der Waals surface area contributed by atoms with Crippen molar-refractivity contribution < 1.29 is 19.3 Å². The Labute approximate surface area is 129 Å². The van der Waals surface area contributed by atoms with Crippen LogP contribution in [0.3, 0.4) is 0 Å². The average Bonchev–Trinajstić information content (AvgIpc) is 3.09. The molecule has 22 heavy (non-hydrogen) atoms. The third-order valence-electron chi connectivity index (χ3n) is 5.48. The van der Waals surface area contributed by atoms with E-state index in [9.17, 15) is 5.11 Å². The Morgan fingerprint density at radius 3 is 3.14 bits per heavy atom. The van der Waals surface area contributed by atoms with E-state index < -0.39 is 6.10 Å². The minimum absolute atomic E-state index is 0.148. The van der Waals surface area contributed by atoms with Gasteiger partial charge in [0.1, 0.15) is 11.9 Å². The van der Waals surface area contributed by atoms with E-state index >= 15 is 0 Å². The molecule has 5 nitrogen and oxygen atoms in total. The van der Waals surface area contributed by atoms with E-state index in [0.717, 1.165) is 24.5 Å². The first-order chi connectivity index (χ1) is 10.8. The smallest absolute Gasteiger partial charge is 0.230 e. The van der Waals surface area contributed by atoms with Crippen molar-refractivity contribution in [3.8, 4) is 0 Å². The zero-order valence-electron chi connectivity index (χ0n) is 12.5. The van der Waals surface area contributed by atoms with Crippen LogP contribution in [0.2, 0.25) is 0 Å². The van der Waals surface area contributed by atoms with Crippen molar-refractivity contribution in [1.82, 2.24) is 4.90 Å². The first-order valence-corrected chi connectivity index (χ1v) is 7.84. The average molecular weight is 301 g/mol. The summed E-state index contributed by atoms with van der Waals surface area (Å²) in [6.07, 6.45) is 7.47. The number of ether oxygens (including phenoxy) is 3. The van der Waals surface area contributed by atoms with Crippen molar-refractivity contribution >= 4 is 0 Å². The van der Waals surface area contributed by atoms with Crippen molar-refractivity contribution in [3.63, 3.8) is 0 Å². The maximum Gasteiger partial charge on any atom is 0.230 e. The number of hydrogen-bond acceptors (Lipinski definition) is 5. The summed E-state index contributed by atoms with van der Waals surface area (Å²) in [7, 11) is 1.69. The molecule has 4 atom stereocenters. The molecule has 2 bridgehead atoms. The first kappa shape index (κ1) is 12.8. The summed E-state index contributed by atoms with van der Waals surface area (Å²) in [5, 5.41) is 10.2. The standard InChI is InChI=1S/C17H19NO4/c1-20-17-13(19)3-2-10-12-7-18(16(10)17)6-9-4-14-15(5-11(9)12)22-8-21-14/h2,5-6,12-13,16-17,19H,3-4,7-8H2,1H3/t12-,13+,16-,17-/m1/s1. The molecular weight excluding hydrogens is 282 g/mol. The monoisotopic (exact) mass is 301 g/mol. The minimum atomic E-state index is -0.428. The van der Waals surface area contributed by atoms with E-state index in [1.54, 1.807) is 7.11 Å². The SMILES string of the molecule is CO[C@H]1[C@H]2C(=CC[C@@H]1O)[C@H]1CN2C=C2CC3=C(C=C21)OCO3. The summed E-state index contributed by atoms with van der Waals surface area (Å²) in [5.41, 5.74) is 4.04. The van der Waals surface area contributed by atoms with Crippen molar-refractivity contribution in [2.45, 2.75) is 31.1 Å². The van der Waals surface area contributed by atoms with Crippen LogP contribution in [-0.4, -0.2) is 48.7 Å². The molecule has 2 aliphatic carbocycles. The van der Waals surface area contributed by atoms with Gasteiger partial charge in [-0.15, -0.1) is 0 Å². The fourth-order valence-electron chi connectivity index (χ4n) is 4.50. The highest BCUT2D eigenvalue weighted by Crippen LogP contribution is 2.49. The third kappa shape index (κ3) is 1.55. The second-order valence-corrected chi connectivity index (χ2v) is 6.53. The molecule has 0 radical (unpaired) electrons. The molecule has 0 unspecified atom stereocenters. The lowest BCUT2D eigenvalue weighted by atomic mass is 9.79. The molecule has 1 fully saturated rings. The maximum absolute atomic E-state index is 10.2. The Balaban J connectivity index is 1.59. The fourth-order valence-corrected chi connectivity index (χ4v) is 4.50. The number of aliphatic hydroxyl groups is 1. The van der Waals surface area contributed by atoms with Crippen LogP contribution in [0.5, 0.6) is 0 Å². The predicted molar refractivity (Wildman–Crippen MR) is 78.3 cm³/mol. The van der Waals surface area contributed by atoms with Gasteiger partial charge in [-0.2, -0.15) is 0 Å². The van der Waals surface area contributed by atoms with Gasteiger partial charge in [0.25, 0.3) is 0 Å². The summed E-state index contributed by atoms with van der Waals surface area (Å²) < 4.78 is 16.7. The number of rotatable bonds is 1. The van der Waals surface area contributed by atoms with Gasteiger partial charge in [-0.05, 0) is 29.2 Å². The first-order valence-electron chi connectivity index (χ1n) is 7.84. The Morgan fingerprint density at radius 2 is 2.27 bits per heavy atom. The summed E-state index contributed by atoms with van der Waals surface area (Å²) in [6.45, 7) is 1.29. The second-order valence-electron chi connectivity index (χ2n) is 6.53. The van der Waals surface area contributed by atoms with Gasteiger partial charge in [0.05, 0.1) is 12.1 Å². The van der Waals surface area contributed by atoms with Crippen LogP contribution < -0.4 is 0 Å². The van der Waals surface area contributed by atoms with Crippen LogP contribution in [0.4, 0.5) is 0 Å². The largest absolute Gasteiger partial charge is 0.458 e. The summed E-state index contributed by atoms with van der Waals surface area (Å²) in [6, 6.07) is 0.148. The van der Waals surface area contributed by atoms with Crippen LogP contribution in [0.15, 0.2) is 46.6 Å². The van der Waals surface area contributed by atoms with Crippen molar-refractivity contribution in [2.24, 2.45) is 5.92 Å². The van der Waals surface area contributed by atoms with E-state index in [2.05, 4.69) is 23.3 Å². The quantitative estimate of drug-likeness (QED) is 0.743. The molecule has 5 rings (SSSR count). The van der Waals surface area contributed by atoms with Gasteiger partial charge < -0.3 is 24.2 Å². The zero-order valence-corrected chi connectivity index (χ0v) is 12.5. The predicted octanol–water partition coefficient (Wildman–Crippen LogP) is 1.44. The number of methoxy groups -OCH3 is 1. The van der Waals surface area contributed by atoms with Crippen LogP contribution in [0, 0.1) is 5.92 Å². The highest BCUT2D eigenvalue weighted by Gasteiger charge is 2.49. The molecule has 0 aromatic rings. The molecule has 1 N–H and O–H groups in total. The Morgan fingerprint density at radius 1 is 1.36 bits per heavy atom. The van der Waals surface area contributed by atoms with Gasteiger partial charge in [-0.25, -0.2) is 0 Å². The van der Waals surface area contributed by atoms with Crippen LogP contribution in [0.1, 0.15) is 12.8 Å². The topological polar surface area (TPSA) is 51.2 Å². The molecule has 0 amide bonds. The van der Waals surface area contributed by atoms with E-state index in [1.165, 1.54) is 16.7 Å². The maximum atomic E-state index is 10.2. The van der Waals surface area contributed by atoms with Crippen molar-refractivity contribution in [3.05, 3.63) is 46.6 Å². The normalized spacial score (nSPS) is 38.3. The van der Waals surface area contributed by atoms with Crippen LogP contribution >= 0.6 is 0 Å². The molecule has 0 spiro atoms. The summed E-state index contributed by atoms with van der Waals surface area (Å²) in [4.78, 5) is 2.33. The van der Waals surface area contributed by atoms with Gasteiger partial charge in [0.2, 0.25) is 6.79 Å². The lowest BCUT2D eigenvalue weighted by molar-refractivity contribution is -0.0424. The lowest BCUT2D eigenvalue weighted by Gasteiger charge is -2.36. The highest BCUT2D eigenvalue weighted by atomic mass is 16.7. The summed E-state index contributed by atoms with van der Waals surface area (Å²) in [5.74, 6) is 2.22. The molecule has 5 heteroatoms. The lowest BCUT2D eigenvalue weighted by Crippen LogP contribution is -2.47. The Kier molecular flexibility index (Phi) is 2.56. The Hall–Kier alpha value is -1.72. The van der Waals surface area contributed by atoms with E-state index in [4.69, 9.17) is 14.2 Å². The van der Waals surface area contributed by atoms with Gasteiger partial charge in [-0.1, -0.05) is 6.08 Å². The highest BCUT2D eigenvalue weighted by molar-refractivity contribution is 5.53. The summed E-state index contributed by atoms with van der Waals surface area (Å²) >= 11 is 0. The molecule has 3 heterocycles. The number of aliphatic hydroxyl groups excluding tert-OH is 1. The number of allylic oxidation sites excluding steroid dienone is 2. The van der Waals surface area contributed by atoms with Gasteiger partial charge in [0.15, 0.2) is 5.76 Å². The van der Waals surface area contributed by atoms with E-state index in [0.29, 0.717) is 19.1 Å². The molecule has 0 aromatic carbocycles. The van der Waals surface area contributed by atoms with E-state index in [-0.39, 0.29) is 12.1 Å². The fraction of sp³-hybridized carbons (Fsp3) is 0.529. The molecule has 116 valence electrons. The van der Waals surface area contributed by atoms with Gasteiger partial charge in [-0.3, -0.25) is 0 Å². The van der Waals surface area contributed by atoms with Gasteiger partial charge in [0, 0.05) is 32.2 Å². The third-order valence-corrected chi connectivity index (χ3v) is 5.48. The van der Waals surface area contributed by atoms with Crippen molar-refractivity contribution in [1.29, 1.82) is 0 Å². The molecule has 1 saturated heterocycles.